The fraction of sp³-hybridized carbons (Fsp3) is 0.400. The van der Waals surface area contributed by atoms with E-state index in [0.29, 0.717) is 22.3 Å². The Kier molecular flexibility index (Phi) is 12.7. The number of nitrogens with zero attached hydrogens (tertiary/aromatic N) is 4. The number of hydrogen-bond donors (Lipinski definition) is 1. The molecule has 1 aromatic carbocycles. The molecule has 0 bridgehead atoms. The van der Waals surface area contributed by atoms with Gasteiger partial charge in [0.15, 0.2) is 0 Å². The van der Waals surface area contributed by atoms with Crippen molar-refractivity contribution < 1.29 is 50.8 Å². The van der Waals surface area contributed by atoms with Crippen molar-refractivity contribution in [3.8, 4) is 0 Å². The van der Waals surface area contributed by atoms with E-state index in [1.165, 1.54) is 29.3 Å². The number of rotatable bonds is 9. The third kappa shape index (κ3) is 8.05. The van der Waals surface area contributed by atoms with Gasteiger partial charge in [0.1, 0.15) is 0 Å². The maximum atomic E-state index is 14.1. The van der Waals surface area contributed by atoms with Gasteiger partial charge in [-0.2, -0.15) is 0 Å². The SMILES string of the molecule is C[C-]1CCCCC(I(I)c2nc3cc([I-]N(I)CCOI)ccc3c(=O)n2[I-]c2cnc3c(c2)NC(=O)C3)C1.[Lr]. The molecule has 2 aromatic heterocycles. The minimum absolute atomic E-state index is 0. The summed E-state index contributed by atoms with van der Waals surface area (Å²) >= 11 is 3.93. The van der Waals surface area contributed by atoms with Crippen LogP contribution in [0.1, 0.15) is 44.7 Å². The average molecular weight is 1470 g/mol. The Hall–Kier alpha value is 0.280. The number of halogens is 6. The number of fused-ring (bicyclic) bond motifs is 2. The molecule has 3 heterocycles. The molecule has 0 saturated heterocycles. The van der Waals surface area contributed by atoms with Crippen molar-refractivity contribution in [1.82, 2.24) is 14.1 Å². The van der Waals surface area contributed by atoms with Gasteiger partial charge in [0.05, 0.1) is 0 Å². The van der Waals surface area contributed by atoms with Crippen molar-refractivity contribution in [3.05, 3.63) is 63.4 Å². The molecule has 1 fully saturated rings. The summed E-state index contributed by atoms with van der Waals surface area (Å²) in [5.74, 6) is 1.56. The summed E-state index contributed by atoms with van der Waals surface area (Å²) in [5.41, 5.74) is 2.46. The molecule has 5 rings (SSSR count). The number of anilines is 1. The zero-order chi connectivity index (χ0) is 27.5. The summed E-state index contributed by atoms with van der Waals surface area (Å²) in [7, 11) is 0. The normalized spacial score (nSPS) is 18.1. The molecule has 1 saturated carbocycles. The Labute approximate surface area is 294 Å². The molecular weight excluding hydrogens is 1440 g/mol. The van der Waals surface area contributed by atoms with Crippen LogP contribution in [0.5, 0.6) is 0 Å². The third-order valence-corrected chi connectivity index (χ3v) is 25.4. The minimum Gasteiger partial charge on any atom is 0 e. The number of aromatic nitrogens is 3. The number of amides is 1. The van der Waals surface area contributed by atoms with Crippen LogP contribution in [0.25, 0.3) is 10.9 Å². The van der Waals surface area contributed by atoms with E-state index in [-0.39, 0.29) is 32.9 Å². The van der Waals surface area contributed by atoms with E-state index in [1.54, 1.807) is 5.92 Å². The van der Waals surface area contributed by atoms with Gasteiger partial charge in [0.25, 0.3) is 0 Å². The van der Waals surface area contributed by atoms with Crippen molar-refractivity contribution in [2.45, 2.75) is 49.4 Å². The molecule has 0 spiro atoms. The Morgan fingerprint density at radius 3 is 2.90 bits per heavy atom. The molecule has 2 aliphatic rings. The van der Waals surface area contributed by atoms with Gasteiger partial charge in [-0.3, -0.25) is 0 Å². The number of nitrogens with one attached hydrogen (secondary N) is 1. The zero-order valence-corrected chi connectivity index (χ0v) is 36.3. The van der Waals surface area contributed by atoms with Crippen molar-refractivity contribution >= 4 is 103 Å². The van der Waals surface area contributed by atoms with Gasteiger partial charge >= 0.3 is 299 Å². The fourth-order valence-corrected chi connectivity index (χ4v) is 23.0. The van der Waals surface area contributed by atoms with Crippen LogP contribution in [-0.2, 0) is 14.3 Å². The first-order valence-corrected chi connectivity index (χ1v) is 26.9. The molecule has 3 aromatic rings. The Bertz CT molecular complexity index is 1430. The first-order chi connectivity index (χ1) is 18.8. The standard InChI is InChI=1S/C25H26I6N5O3.Lr/c1-15-4-2-3-5-18(10-15)31(26)25-34-20-11-16(29-35(27)8-9-39-28)6-7-19(20)24(38)36(25)30-17-12-22-21(32-14-17)13-23(37)33-22;/h6-7,11-12,14,18H,2-5,8-10,13H2,1H3,(H,33,37);/q-3;. The van der Waals surface area contributed by atoms with Crippen LogP contribution in [0.15, 0.2) is 35.3 Å². The predicted octanol–water partition coefficient (Wildman–Crippen LogP) is 0.153. The van der Waals surface area contributed by atoms with Crippen LogP contribution in [0.2, 0.25) is 0 Å². The van der Waals surface area contributed by atoms with Gasteiger partial charge < -0.3 is 0 Å². The molecule has 1 atom stereocenters. The fourth-order valence-electron chi connectivity index (χ4n) is 4.48. The molecule has 15 heteroatoms. The molecule has 1 unspecified atom stereocenters. The average Bonchev–Trinajstić information content (AvgIpc) is 3.14. The van der Waals surface area contributed by atoms with Crippen molar-refractivity contribution in [1.29, 1.82) is 0 Å². The van der Waals surface area contributed by atoms with Crippen LogP contribution in [0.3, 0.4) is 0 Å². The summed E-state index contributed by atoms with van der Waals surface area (Å²) < 4.78 is 13.4. The molecule has 1 aliphatic heterocycles. The van der Waals surface area contributed by atoms with E-state index >= 15 is 0 Å². The summed E-state index contributed by atoms with van der Waals surface area (Å²) in [6, 6.07) is 8.22. The van der Waals surface area contributed by atoms with E-state index in [1.807, 2.05) is 44.1 Å². The Morgan fingerprint density at radius 2 is 2.10 bits per heavy atom. The summed E-state index contributed by atoms with van der Waals surface area (Å²) in [4.78, 5) is 35.8. The zero-order valence-electron chi connectivity index (χ0n) is 21.2. The summed E-state index contributed by atoms with van der Waals surface area (Å²) in [5, 5.41) is 3.60. The van der Waals surface area contributed by atoms with Crippen molar-refractivity contribution in [2.75, 3.05) is 18.5 Å². The number of carbonyl (C=O) groups excluding carboxylic acids is 1. The number of alkyl halides is 1. The third-order valence-electron chi connectivity index (χ3n) is 6.36. The van der Waals surface area contributed by atoms with Crippen molar-refractivity contribution in [2.24, 2.45) is 0 Å². The quantitative estimate of drug-likeness (QED) is 0.0822. The van der Waals surface area contributed by atoms with Crippen LogP contribution in [0, 0.1) is 16.9 Å². The molecule has 8 nitrogen and oxygen atoms in total. The second kappa shape index (κ2) is 15.3. The van der Waals surface area contributed by atoms with E-state index < -0.39 is 37.3 Å². The maximum Gasteiger partial charge on any atom is 0 e. The smallest absolute Gasteiger partial charge is 0 e. The number of carbonyl (C=O) groups is 1. The molecular formula is C25H26I6LrN5O3-3. The van der Waals surface area contributed by atoms with Gasteiger partial charge in [0.2, 0.25) is 0 Å². The first-order valence-electron chi connectivity index (χ1n) is 12.3. The predicted molar refractivity (Wildman–Crippen MR) is 179 cm³/mol. The summed E-state index contributed by atoms with van der Waals surface area (Å²) in [6.45, 7) is 3.86. The molecule has 1 radical (unpaired) electrons. The topological polar surface area (TPSA) is 89.3 Å². The monoisotopic (exact) mass is 1470 g/mol. The molecule has 229 valence electrons. The van der Waals surface area contributed by atoms with E-state index in [9.17, 15) is 9.59 Å². The molecule has 1 amide bonds. The first kappa shape index (κ1) is 33.2. The minimum atomic E-state index is -1.82. The van der Waals surface area contributed by atoms with E-state index in [0.717, 1.165) is 37.3 Å². The van der Waals surface area contributed by atoms with Crippen LogP contribution in [-0.4, -0.2) is 37.1 Å². The Morgan fingerprint density at radius 1 is 1.27 bits per heavy atom. The number of hydrogen-bond acceptors (Lipinski definition) is 6. The maximum absolute atomic E-state index is 14.1. The van der Waals surface area contributed by atoms with Crippen LogP contribution in [0.4, 0.5) is 5.69 Å². The second-order valence-electron chi connectivity index (χ2n) is 9.28. The van der Waals surface area contributed by atoms with Crippen LogP contribution < -0.4 is 53.8 Å². The second-order valence-corrected chi connectivity index (χ2v) is 28.6. The van der Waals surface area contributed by atoms with E-state index in [2.05, 4.69) is 72.2 Å². The molecule has 40 heavy (non-hydrogen) atoms. The largest absolute Gasteiger partial charge is 0 e. The number of pyridine rings is 1. The molecule has 1 aliphatic carbocycles. The van der Waals surface area contributed by atoms with Crippen molar-refractivity contribution in [3.63, 3.8) is 0 Å². The van der Waals surface area contributed by atoms with Crippen LogP contribution >= 0.6 is 80.3 Å². The van der Waals surface area contributed by atoms with Gasteiger partial charge in [-0.05, 0) is 0 Å². The molecule has 1 N–H and O–H groups in total. The Balaban J connectivity index is 0.00000370. The van der Waals surface area contributed by atoms with Gasteiger partial charge in [-0.15, -0.1) is 0 Å². The summed E-state index contributed by atoms with van der Waals surface area (Å²) in [6.07, 6.45) is 8.28. The van der Waals surface area contributed by atoms with Gasteiger partial charge in [-0.1, -0.05) is 0 Å². The van der Waals surface area contributed by atoms with Gasteiger partial charge in [-0.25, -0.2) is 0 Å². The number of benzene rings is 1. The van der Waals surface area contributed by atoms with Gasteiger partial charge in [0, 0.05) is 0 Å². The van der Waals surface area contributed by atoms with E-state index in [4.69, 9.17) is 8.05 Å².